The van der Waals surface area contributed by atoms with Crippen LogP contribution in [-0.4, -0.2) is 45.4 Å². The van der Waals surface area contributed by atoms with Crippen molar-refractivity contribution in [2.75, 3.05) is 29.9 Å². The highest BCUT2D eigenvalue weighted by Gasteiger charge is 2.19. The van der Waals surface area contributed by atoms with Crippen LogP contribution in [0.1, 0.15) is 19.8 Å². The van der Waals surface area contributed by atoms with Gasteiger partial charge in [0.2, 0.25) is 5.91 Å². The molecule has 0 atom stereocenters. The summed E-state index contributed by atoms with van der Waals surface area (Å²) in [6.07, 6.45) is 5.62. The van der Waals surface area contributed by atoms with E-state index in [9.17, 15) is 4.79 Å². The highest BCUT2D eigenvalue weighted by atomic mass is 16.5. The van der Waals surface area contributed by atoms with Gasteiger partial charge in [-0.15, -0.1) is 0 Å². The molecule has 0 spiro atoms. The summed E-state index contributed by atoms with van der Waals surface area (Å²) in [6.45, 7) is 4.63. The summed E-state index contributed by atoms with van der Waals surface area (Å²) in [5.41, 5.74) is 1.39. The van der Waals surface area contributed by atoms with Crippen molar-refractivity contribution in [3.8, 4) is 5.75 Å². The molecule has 3 heterocycles. The van der Waals surface area contributed by atoms with Crippen molar-refractivity contribution in [3.05, 3.63) is 36.8 Å². The molecule has 0 radical (unpaired) electrons. The molecule has 1 saturated heterocycles. The molecule has 1 N–H and O–H groups in total. The number of nitrogens with zero attached hydrogens (tertiary/aromatic N) is 5. The van der Waals surface area contributed by atoms with Gasteiger partial charge in [-0.05, 0) is 44.0 Å². The van der Waals surface area contributed by atoms with Crippen LogP contribution in [0.15, 0.2) is 36.8 Å². The molecule has 27 heavy (non-hydrogen) atoms. The zero-order chi connectivity index (χ0) is 18.6. The van der Waals surface area contributed by atoms with Crippen LogP contribution in [0.25, 0.3) is 11.0 Å². The van der Waals surface area contributed by atoms with Gasteiger partial charge < -0.3 is 15.0 Å². The van der Waals surface area contributed by atoms with Crippen LogP contribution < -0.4 is 15.0 Å². The first-order valence-corrected chi connectivity index (χ1v) is 9.19. The summed E-state index contributed by atoms with van der Waals surface area (Å²) < 4.78 is 7.02. The van der Waals surface area contributed by atoms with Gasteiger partial charge in [-0.25, -0.2) is 14.6 Å². The SMILES string of the molecule is CCOc1ccc(NC(=O)Cn2ncc3c(N4CCCC4)ncnc32)cc1. The van der Waals surface area contributed by atoms with E-state index in [2.05, 4.69) is 25.3 Å². The number of carbonyl (C=O) groups is 1. The molecule has 0 saturated carbocycles. The third kappa shape index (κ3) is 3.69. The fraction of sp³-hybridized carbons (Fsp3) is 0.368. The smallest absolute Gasteiger partial charge is 0.246 e. The number of benzene rings is 1. The molecular weight excluding hydrogens is 344 g/mol. The van der Waals surface area contributed by atoms with Gasteiger partial charge in [0, 0.05) is 18.8 Å². The summed E-state index contributed by atoms with van der Waals surface area (Å²) in [5, 5.41) is 8.11. The minimum atomic E-state index is -0.162. The maximum absolute atomic E-state index is 12.4. The first-order chi connectivity index (χ1) is 13.2. The van der Waals surface area contributed by atoms with Gasteiger partial charge in [-0.2, -0.15) is 5.10 Å². The molecule has 1 fully saturated rings. The normalized spacial score (nSPS) is 13.9. The van der Waals surface area contributed by atoms with E-state index in [-0.39, 0.29) is 12.5 Å². The van der Waals surface area contributed by atoms with Crippen LogP contribution in [0, 0.1) is 0 Å². The maximum Gasteiger partial charge on any atom is 0.246 e. The van der Waals surface area contributed by atoms with Crippen molar-refractivity contribution in [3.63, 3.8) is 0 Å². The molecule has 0 aliphatic carbocycles. The van der Waals surface area contributed by atoms with Crippen molar-refractivity contribution < 1.29 is 9.53 Å². The van der Waals surface area contributed by atoms with E-state index >= 15 is 0 Å². The lowest BCUT2D eigenvalue weighted by Crippen LogP contribution is -2.20. The number of hydrogen-bond donors (Lipinski definition) is 1. The third-order valence-electron chi connectivity index (χ3n) is 4.56. The van der Waals surface area contributed by atoms with E-state index in [0.717, 1.165) is 30.0 Å². The summed E-state index contributed by atoms with van der Waals surface area (Å²) in [5.74, 6) is 1.51. The summed E-state index contributed by atoms with van der Waals surface area (Å²) >= 11 is 0. The van der Waals surface area contributed by atoms with E-state index in [1.807, 2.05) is 31.2 Å². The highest BCUT2D eigenvalue weighted by molar-refractivity contribution is 5.92. The molecule has 1 aliphatic rings. The molecule has 1 aromatic carbocycles. The Bertz CT molecular complexity index is 931. The fourth-order valence-corrected chi connectivity index (χ4v) is 3.31. The van der Waals surface area contributed by atoms with Crippen molar-refractivity contribution in [2.24, 2.45) is 0 Å². The minimum absolute atomic E-state index is 0.0904. The van der Waals surface area contributed by atoms with Gasteiger partial charge in [-0.3, -0.25) is 4.79 Å². The zero-order valence-corrected chi connectivity index (χ0v) is 15.3. The molecule has 1 amide bonds. The van der Waals surface area contributed by atoms with Crippen molar-refractivity contribution >= 4 is 28.4 Å². The largest absolute Gasteiger partial charge is 0.494 e. The van der Waals surface area contributed by atoms with Crippen LogP contribution >= 0.6 is 0 Å². The lowest BCUT2D eigenvalue weighted by atomic mass is 10.3. The molecule has 3 aromatic rings. The molecule has 2 aromatic heterocycles. The quantitative estimate of drug-likeness (QED) is 0.721. The number of ether oxygens (including phenoxy) is 1. The van der Waals surface area contributed by atoms with E-state index in [4.69, 9.17) is 4.74 Å². The van der Waals surface area contributed by atoms with Crippen molar-refractivity contribution in [1.29, 1.82) is 0 Å². The Kier molecular flexibility index (Phi) is 4.86. The number of rotatable bonds is 6. The van der Waals surface area contributed by atoms with Crippen LogP contribution in [0.2, 0.25) is 0 Å². The fourth-order valence-electron chi connectivity index (χ4n) is 3.31. The Balaban J connectivity index is 1.48. The Morgan fingerprint density at radius 2 is 1.96 bits per heavy atom. The predicted octanol–water partition coefficient (Wildman–Crippen LogP) is 2.46. The topological polar surface area (TPSA) is 85.2 Å². The van der Waals surface area contributed by atoms with Crippen LogP contribution in [0.3, 0.4) is 0 Å². The Hall–Kier alpha value is -3.16. The second-order valence-electron chi connectivity index (χ2n) is 6.44. The van der Waals surface area contributed by atoms with Crippen LogP contribution in [0.4, 0.5) is 11.5 Å². The van der Waals surface area contributed by atoms with E-state index in [0.29, 0.717) is 17.9 Å². The van der Waals surface area contributed by atoms with Crippen molar-refractivity contribution in [1.82, 2.24) is 19.7 Å². The molecule has 8 heteroatoms. The lowest BCUT2D eigenvalue weighted by molar-refractivity contribution is -0.116. The van der Waals surface area contributed by atoms with Gasteiger partial charge in [0.1, 0.15) is 24.4 Å². The summed E-state index contributed by atoms with van der Waals surface area (Å²) in [7, 11) is 0. The van der Waals surface area contributed by atoms with Crippen LogP contribution in [0.5, 0.6) is 5.75 Å². The average Bonchev–Trinajstić information content (AvgIpc) is 3.34. The van der Waals surface area contributed by atoms with Gasteiger partial charge >= 0.3 is 0 Å². The number of hydrogen-bond acceptors (Lipinski definition) is 6. The second kappa shape index (κ2) is 7.61. The van der Waals surface area contributed by atoms with Gasteiger partial charge in [-0.1, -0.05) is 0 Å². The molecule has 0 bridgehead atoms. The third-order valence-corrected chi connectivity index (χ3v) is 4.56. The molecule has 140 valence electrons. The second-order valence-corrected chi connectivity index (χ2v) is 6.44. The minimum Gasteiger partial charge on any atom is -0.494 e. The monoisotopic (exact) mass is 366 g/mol. The standard InChI is InChI=1S/C19H22N6O2/c1-2-27-15-7-5-14(6-8-15)23-17(26)12-25-19-16(11-22-25)18(20-13-21-19)24-9-3-4-10-24/h5-8,11,13H,2-4,9-10,12H2,1H3,(H,23,26). The molecule has 1 aliphatic heterocycles. The first-order valence-electron chi connectivity index (χ1n) is 9.19. The number of carbonyl (C=O) groups excluding carboxylic acids is 1. The Morgan fingerprint density at radius 3 is 2.70 bits per heavy atom. The van der Waals surface area contributed by atoms with Gasteiger partial charge in [0.05, 0.1) is 18.2 Å². The number of anilines is 2. The summed E-state index contributed by atoms with van der Waals surface area (Å²) in [6, 6.07) is 7.30. The average molecular weight is 366 g/mol. The van der Waals surface area contributed by atoms with Gasteiger partial charge in [0.25, 0.3) is 0 Å². The molecule has 0 unspecified atom stereocenters. The lowest BCUT2D eigenvalue weighted by Gasteiger charge is -2.16. The van der Waals surface area contributed by atoms with E-state index in [1.54, 1.807) is 17.2 Å². The highest BCUT2D eigenvalue weighted by Crippen LogP contribution is 2.25. The Morgan fingerprint density at radius 1 is 1.19 bits per heavy atom. The van der Waals surface area contributed by atoms with Crippen LogP contribution in [-0.2, 0) is 11.3 Å². The molecular formula is C19H22N6O2. The summed E-state index contributed by atoms with van der Waals surface area (Å²) in [4.78, 5) is 23.4. The predicted molar refractivity (Wildman–Crippen MR) is 103 cm³/mol. The first kappa shape index (κ1) is 17.3. The number of amides is 1. The Labute approximate surface area is 157 Å². The van der Waals surface area contributed by atoms with Crippen molar-refractivity contribution in [2.45, 2.75) is 26.3 Å². The molecule has 4 rings (SSSR count). The van der Waals surface area contributed by atoms with Gasteiger partial charge in [0.15, 0.2) is 5.65 Å². The zero-order valence-electron chi connectivity index (χ0n) is 15.3. The number of aromatic nitrogens is 4. The molecule has 8 nitrogen and oxygen atoms in total. The number of fused-ring (bicyclic) bond motifs is 1. The number of nitrogens with one attached hydrogen (secondary N) is 1. The maximum atomic E-state index is 12.4. The van der Waals surface area contributed by atoms with E-state index < -0.39 is 0 Å². The van der Waals surface area contributed by atoms with E-state index in [1.165, 1.54) is 12.8 Å².